The Hall–Kier alpha value is -2.83. The zero-order chi connectivity index (χ0) is 21.4. The van der Waals surface area contributed by atoms with Crippen LogP contribution < -0.4 is 5.32 Å². The molecule has 1 aliphatic rings. The molecule has 0 amide bonds. The molecule has 160 valence electrons. The predicted molar refractivity (Wildman–Crippen MR) is 104 cm³/mol. The lowest BCUT2D eigenvalue weighted by Crippen LogP contribution is -2.33. The minimum Gasteiger partial charge on any atom is -0.508 e. The van der Waals surface area contributed by atoms with E-state index in [1.807, 2.05) is 0 Å². The van der Waals surface area contributed by atoms with Crippen molar-refractivity contribution in [3.05, 3.63) is 42.5 Å². The van der Waals surface area contributed by atoms with Crippen LogP contribution in [0, 0.1) is 0 Å². The van der Waals surface area contributed by atoms with Crippen molar-refractivity contribution in [2.45, 2.75) is 43.6 Å². The Kier molecular flexibility index (Phi) is 5.54. The first kappa shape index (κ1) is 20.4. The quantitative estimate of drug-likeness (QED) is 0.313. The summed E-state index contributed by atoms with van der Waals surface area (Å²) in [5.41, 5.74) is 1.27. The summed E-state index contributed by atoms with van der Waals surface area (Å²) in [6.45, 7) is 1.32. The molecule has 30 heavy (non-hydrogen) atoms. The first-order valence-electron chi connectivity index (χ1n) is 9.44. The lowest BCUT2D eigenvalue weighted by atomic mass is 10.0. The minimum atomic E-state index is -1.27. The van der Waals surface area contributed by atoms with Crippen LogP contribution in [-0.2, 0) is 4.74 Å². The number of aliphatic hydroxyl groups is 4. The normalized spacial score (nSPS) is 26.0. The molecule has 1 aromatic carbocycles. The Labute approximate surface area is 171 Å². The largest absolute Gasteiger partial charge is 0.508 e. The zero-order valence-corrected chi connectivity index (χ0v) is 16.1. The van der Waals surface area contributed by atoms with Crippen molar-refractivity contribution >= 4 is 17.0 Å². The van der Waals surface area contributed by atoms with E-state index in [1.54, 1.807) is 19.1 Å². The molecular formula is C19H23N5O6. The number of hydrogen-bond acceptors (Lipinski definition) is 10. The molecule has 2 aromatic heterocycles. The van der Waals surface area contributed by atoms with Gasteiger partial charge in [0.1, 0.15) is 30.4 Å². The van der Waals surface area contributed by atoms with E-state index in [-0.39, 0.29) is 5.75 Å². The van der Waals surface area contributed by atoms with Crippen LogP contribution >= 0.6 is 0 Å². The molecule has 4 rings (SSSR count). The van der Waals surface area contributed by atoms with Gasteiger partial charge in [-0.05, 0) is 24.6 Å². The van der Waals surface area contributed by atoms with Crippen LogP contribution in [0.25, 0.3) is 11.2 Å². The number of rotatable bonds is 6. The standard InChI is InChI=1S/C19H23N5O6/c1-9(14(27)10-3-2-4-11(26)5-10)23-17-13-18(21-7-20-17)24(8-22-13)19-16(29)15(28)12(6-25)30-19/h2-5,7-9,12,14-16,19,25-29H,6H2,1H3,(H,20,21,23)/t9-,12-,14-,15-,16-,19-/m1/s1. The van der Waals surface area contributed by atoms with E-state index < -0.39 is 43.3 Å². The van der Waals surface area contributed by atoms with Gasteiger partial charge in [-0.3, -0.25) is 4.57 Å². The molecule has 6 atom stereocenters. The zero-order valence-electron chi connectivity index (χ0n) is 16.1. The number of nitrogens with one attached hydrogen (secondary N) is 1. The van der Waals surface area contributed by atoms with E-state index >= 15 is 0 Å². The SMILES string of the molecule is C[C@@H](Nc1ncnc2c1ncn2[C@@H]1O[C@H](CO)[C@@H](O)[C@H]1O)[C@@H](O)c1cccc(O)c1. The maximum atomic E-state index is 10.6. The van der Waals surface area contributed by atoms with Gasteiger partial charge in [-0.15, -0.1) is 0 Å². The monoisotopic (exact) mass is 417 g/mol. The Morgan fingerprint density at radius 1 is 1.20 bits per heavy atom. The minimum absolute atomic E-state index is 0.0559. The smallest absolute Gasteiger partial charge is 0.167 e. The molecule has 3 aromatic rings. The van der Waals surface area contributed by atoms with Crippen LogP contribution in [0.2, 0.25) is 0 Å². The van der Waals surface area contributed by atoms with Gasteiger partial charge in [-0.1, -0.05) is 12.1 Å². The molecule has 1 fully saturated rings. The first-order chi connectivity index (χ1) is 14.4. The first-order valence-corrected chi connectivity index (χ1v) is 9.44. The van der Waals surface area contributed by atoms with Gasteiger partial charge >= 0.3 is 0 Å². The number of anilines is 1. The molecule has 0 aliphatic carbocycles. The van der Waals surface area contributed by atoms with Gasteiger partial charge in [0.15, 0.2) is 23.2 Å². The summed E-state index contributed by atoms with van der Waals surface area (Å²) in [4.78, 5) is 12.7. The number of phenols is 1. The van der Waals surface area contributed by atoms with Crippen LogP contribution in [0.15, 0.2) is 36.9 Å². The third kappa shape index (κ3) is 3.57. The number of aliphatic hydroxyl groups excluding tert-OH is 4. The summed E-state index contributed by atoms with van der Waals surface area (Å²) in [5.74, 6) is 0.414. The number of phenolic OH excluding ortho intramolecular Hbond substituents is 1. The average Bonchev–Trinajstić information content (AvgIpc) is 3.29. The highest BCUT2D eigenvalue weighted by atomic mass is 16.6. The van der Waals surface area contributed by atoms with Crippen LogP contribution in [0.1, 0.15) is 24.8 Å². The van der Waals surface area contributed by atoms with Crippen molar-refractivity contribution in [2.75, 3.05) is 11.9 Å². The molecule has 6 N–H and O–H groups in total. The van der Waals surface area contributed by atoms with Gasteiger partial charge in [-0.2, -0.15) is 0 Å². The number of aromatic nitrogens is 4. The fourth-order valence-corrected chi connectivity index (χ4v) is 3.55. The van der Waals surface area contributed by atoms with Gasteiger partial charge in [0.2, 0.25) is 0 Å². The van der Waals surface area contributed by atoms with Gasteiger partial charge in [0.05, 0.1) is 25.1 Å². The molecule has 0 unspecified atom stereocenters. The molecule has 11 heteroatoms. The maximum absolute atomic E-state index is 10.6. The molecule has 1 saturated heterocycles. The van der Waals surface area contributed by atoms with Gasteiger partial charge in [0, 0.05) is 0 Å². The number of aromatic hydroxyl groups is 1. The highest BCUT2D eigenvalue weighted by Gasteiger charge is 2.44. The van der Waals surface area contributed by atoms with Crippen molar-refractivity contribution in [3.63, 3.8) is 0 Å². The Bertz CT molecular complexity index is 1030. The summed E-state index contributed by atoms with van der Waals surface area (Å²) in [6, 6.07) is 5.87. The lowest BCUT2D eigenvalue weighted by molar-refractivity contribution is -0.0511. The third-order valence-corrected chi connectivity index (χ3v) is 5.20. The molecule has 0 bridgehead atoms. The van der Waals surface area contributed by atoms with Crippen LogP contribution in [0.3, 0.4) is 0 Å². The number of ether oxygens (including phenoxy) is 1. The van der Waals surface area contributed by atoms with Crippen molar-refractivity contribution in [3.8, 4) is 5.75 Å². The fourth-order valence-electron chi connectivity index (χ4n) is 3.55. The van der Waals surface area contributed by atoms with Crippen molar-refractivity contribution in [1.82, 2.24) is 19.5 Å². The van der Waals surface area contributed by atoms with Crippen LogP contribution in [-0.4, -0.2) is 76.0 Å². The molecule has 3 heterocycles. The number of nitrogens with zero attached hydrogens (tertiary/aromatic N) is 4. The summed E-state index contributed by atoms with van der Waals surface area (Å²) < 4.78 is 7.00. The van der Waals surface area contributed by atoms with E-state index in [2.05, 4.69) is 20.3 Å². The highest BCUT2D eigenvalue weighted by molar-refractivity contribution is 5.82. The molecule has 0 saturated carbocycles. The average molecular weight is 417 g/mol. The summed E-state index contributed by atoms with van der Waals surface area (Å²) in [6.07, 6.45) is -2.62. The second kappa shape index (κ2) is 8.13. The summed E-state index contributed by atoms with van der Waals surface area (Å²) in [7, 11) is 0. The fraction of sp³-hybridized carbons (Fsp3) is 0.421. The molecule has 1 aliphatic heterocycles. The van der Waals surface area contributed by atoms with E-state index in [9.17, 15) is 25.5 Å². The van der Waals surface area contributed by atoms with E-state index in [4.69, 9.17) is 4.74 Å². The van der Waals surface area contributed by atoms with E-state index in [1.165, 1.54) is 29.4 Å². The molecule has 0 spiro atoms. The van der Waals surface area contributed by atoms with Crippen molar-refractivity contribution in [1.29, 1.82) is 0 Å². The van der Waals surface area contributed by atoms with Gasteiger partial charge in [0.25, 0.3) is 0 Å². The Balaban J connectivity index is 1.59. The number of imidazole rings is 1. The van der Waals surface area contributed by atoms with Crippen LogP contribution in [0.4, 0.5) is 5.82 Å². The molecule has 0 radical (unpaired) electrons. The highest BCUT2D eigenvalue weighted by Crippen LogP contribution is 2.32. The van der Waals surface area contributed by atoms with Gasteiger partial charge in [-0.25, -0.2) is 15.0 Å². The third-order valence-electron chi connectivity index (χ3n) is 5.20. The summed E-state index contributed by atoms with van der Waals surface area (Å²) in [5, 5.41) is 52.9. The molecule has 11 nitrogen and oxygen atoms in total. The second-order valence-corrected chi connectivity index (χ2v) is 7.25. The number of benzene rings is 1. The number of hydrogen-bond donors (Lipinski definition) is 6. The van der Waals surface area contributed by atoms with E-state index in [0.29, 0.717) is 22.5 Å². The Morgan fingerprint density at radius 2 is 2.00 bits per heavy atom. The number of fused-ring (bicyclic) bond motifs is 1. The maximum Gasteiger partial charge on any atom is 0.167 e. The topological polar surface area (TPSA) is 166 Å². The predicted octanol–water partition coefficient (Wildman–Crippen LogP) is -0.323. The lowest BCUT2D eigenvalue weighted by Gasteiger charge is -2.21. The van der Waals surface area contributed by atoms with E-state index in [0.717, 1.165) is 0 Å². The molecular weight excluding hydrogens is 394 g/mol. The van der Waals surface area contributed by atoms with Crippen LogP contribution in [0.5, 0.6) is 5.75 Å². The van der Waals surface area contributed by atoms with Gasteiger partial charge < -0.3 is 35.6 Å². The van der Waals surface area contributed by atoms with Crippen molar-refractivity contribution < 1.29 is 30.3 Å². The summed E-state index contributed by atoms with van der Waals surface area (Å²) >= 11 is 0. The Morgan fingerprint density at radius 3 is 2.70 bits per heavy atom. The van der Waals surface area contributed by atoms with Crippen molar-refractivity contribution in [2.24, 2.45) is 0 Å². The second-order valence-electron chi connectivity index (χ2n) is 7.25.